The lowest BCUT2D eigenvalue weighted by atomic mass is 9.43. The zero-order valence-electron chi connectivity index (χ0n) is 43.8. The Labute approximate surface area is 445 Å². The van der Waals surface area contributed by atoms with E-state index < -0.39 is 72.4 Å². The van der Waals surface area contributed by atoms with E-state index in [0.717, 1.165) is 24.0 Å². The third-order valence-electron chi connectivity index (χ3n) is 15.8. The third-order valence-corrected chi connectivity index (χ3v) is 16.1. The number of rotatable bonds is 18. The largest absolute Gasteiger partial charge is 0.492 e. The highest BCUT2D eigenvalue weighted by molar-refractivity contribution is 6.47. The van der Waals surface area contributed by atoms with Crippen molar-refractivity contribution >= 4 is 48.3 Å². The molecule has 2 aliphatic heterocycles. The zero-order valence-corrected chi connectivity index (χ0v) is 44.5. The molecule has 17 nitrogen and oxygen atoms in total. The number of ether oxygens (including phenoxy) is 2. The molecule has 6 bridgehead atoms. The van der Waals surface area contributed by atoms with Crippen LogP contribution in [0.4, 0.5) is 0 Å². The van der Waals surface area contributed by atoms with E-state index in [1.807, 2.05) is 43.3 Å². The summed E-state index contributed by atoms with van der Waals surface area (Å²) in [5.41, 5.74) is 21.6. The van der Waals surface area contributed by atoms with Gasteiger partial charge in [-0.1, -0.05) is 61.8 Å². The molecule has 1 saturated heterocycles. The molecule has 19 heteroatoms. The molecule has 0 radical (unpaired) electrons. The van der Waals surface area contributed by atoms with Crippen LogP contribution in [-0.2, 0) is 34.9 Å². The number of carbonyl (C=O) groups is 5. The topological polar surface area (TPSA) is 252 Å². The summed E-state index contributed by atoms with van der Waals surface area (Å²) in [5, 5.41) is 12.4. The number of unbranched alkanes of at least 4 members (excludes halogenated alkanes) is 1. The van der Waals surface area contributed by atoms with Crippen LogP contribution in [0.1, 0.15) is 94.2 Å². The lowest BCUT2D eigenvalue weighted by molar-refractivity contribution is -0.199. The molecule has 0 spiro atoms. The van der Waals surface area contributed by atoms with E-state index in [9.17, 15) is 24.0 Å². The molecule has 400 valence electrons. The molecule has 10 N–H and O–H groups in total. The van der Waals surface area contributed by atoms with E-state index in [1.165, 1.54) is 18.9 Å². The molecular weight excluding hydrogens is 975 g/mol. The SMILES string of the molecule is C[C@H](NC(=O)[C@@H]1Cc2ccc(OCCN)c(c2)-c2cc(ccc2OCCN)[C@H](N(C)C(=O)[C@H](CCCCN)NC(=O)c2ccc(-c3ccc(Cl)cc3)cc2)C(=O)N[C@@H](C)C(=O)N1)B1O[C@@H]2C[C@@H]3C[C@@H](C3(C)C)[C@]2(C)O1. The Hall–Kier alpha value is -6.02. The first-order chi connectivity index (χ1) is 35.9. The Balaban J connectivity index is 1.11. The van der Waals surface area contributed by atoms with Crippen molar-refractivity contribution in [2.24, 2.45) is 34.5 Å². The Kier molecular flexibility index (Phi) is 17.3. The smallest absolute Gasteiger partial charge is 0.481 e. The number of hydrogen-bond acceptors (Lipinski definition) is 12. The Bertz CT molecular complexity index is 2730. The summed E-state index contributed by atoms with van der Waals surface area (Å²) >= 11 is 6.11. The van der Waals surface area contributed by atoms with E-state index >= 15 is 0 Å². The molecule has 9 atom stereocenters. The number of carbonyl (C=O) groups excluding carboxylic acids is 5. The van der Waals surface area contributed by atoms with Gasteiger partial charge in [-0.15, -0.1) is 0 Å². The second kappa shape index (κ2) is 23.5. The monoisotopic (exact) mass is 1050 g/mol. The van der Waals surface area contributed by atoms with Crippen LogP contribution in [0.5, 0.6) is 11.5 Å². The fraction of sp³-hybridized carbons (Fsp3) is 0.482. The number of fused-ring (bicyclic) bond motifs is 5. The summed E-state index contributed by atoms with van der Waals surface area (Å²) in [6.45, 7) is 11.1. The van der Waals surface area contributed by atoms with Gasteiger partial charge in [0.1, 0.15) is 48.9 Å². The molecule has 75 heavy (non-hydrogen) atoms. The Morgan fingerprint density at radius 2 is 1.47 bits per heavy atom. The van der Waals surface area contributed by atoms with Crippen molar-refractivity contribution in [1.29, 1.82) is 0 Å². The molecule has 3 saturated carbocycles. The van der Waals surface area contributed by atoms with Crippen LogP contribution in [0.2, 0.25) is 5.02 Å². The zero-order chi connectivity index (χ0) is 53.8. The lowest BCUT2D eigenvalue weighted by Gasteiger charge is -2.64. The average molecular weight is 1050 g/mol. The number of likely N-dealkylation sites (N-methyl/N-ethyl adjacent to an activating group) is 1. The number of benzene rings is 4. The minimum Gasteiger partial charge on any atom is -0.492 e. The van der Waals surface area contributed by atoms with Crippen LogP contribution in [0.3, 0.4) is 0 Å². The molecule has 2 heterocycles. The summed E-state index contributed by atoms with van der Waals surface area (Å²) in [6.07, 6.45) is 3.19. The van der Waals surface area contributed by atoms with Gasteiger partial charge in [-0.05, 0) is 147 Å². The van der Waals surface area contributed by atoms with Crippen molar-refractivity contribution < 1.29 is 42.8 Å². The quantitative estimate of drug-likeness (QED) is 0.0509. The van der Waals surface area contributed by atoms with Gasteiger partial charge < -0.3 is 62.2 Å². The second-order valence-corrected chi connectivity index (χ2v) is 21.7. The minimum absolute atomic E-state index is 0.0437. The molecule has 0 aromatic heterocycles. The summed E-state index contributed by atoms with van der Waals surface area (Å²) in [5.74, 6) is -1.77. The van der Waals surface area contributed by atoms with Crippen molar-refractivity contribution in [2.45, 2.75) is 115 Å². The standard InChI is InChI=1S/C56H72BClN8O9/c1-32-50(67)65-44(52(69)63-33(2)57-74-48-31-39-30-47(55(39,3)4)56(48,5)75-57)28-34-10-20-45(72-25-23-60)41(27-34)42-29-38(17-21-46(42)73-26-24-61)49(53(70)62-32)66(6)54(71)43(9-7-8-22-59)64-51(68)37-13-11-35(12-14-37)36-15-18-40(58)19-16-36/h10-21,27,29,32-33,39,43-44,47-49H,7-9,22-26,28,30-31,59-61H2,1-6H3,(H,62,70)(H,63,69)(H,64,68)(H,65,67)/t32-,33-,39-,43-,44-,47-,48+,49-,56-/m0/s1. The highest BCUT2D eigenvalue weighted by Crippen LogP contribution is 2.65. The van der Waals surface area contributed by atoms with Crippen molar-refractivity contribution in [3.63, 3.8) is 0 Å². The van der Waals surface area contributed by atoms with Gasteiger partial charge in [-0.3, -0.25) is 24.0 Å². The fourth-order valence-electron chi connectivity index (χ4n) is 11.4. The molecule has 9 rings (SSSR count). The Morgan fingerprint density at radius 3 is 2.11 bits per heavy atom. The highest BCUT2D eigenvalue weighted by atomic mass is 35.5. The van der Waals surface area contributed by atoms with Crippen LogP contribution < -0.4 is 47.9 Å². The fourth-order valence-corrected chi connectivity index (χ4v) is 11.5. The summed E-state index contributed by atoms with van der Waals surface area (Å²) < 4.78 is 25.7. The summed E-state index contributed by atoms with van der Waals surface area (Å²) in [4.78, 5) is 74.0. The van der Waals surface area contributed by atoms with Gasteiger partial charge in [0, 0.05) is 48.3 Å². The van der Waals surface area contributed by atoms with Crippen molar-refractivity contribution in [1.82, 2.24) is 26.2 Å². The first kappa shape index (κ1) is 55.2. The van der Waals surface area contributed by atoms with Crippen molar-refractivity contribution in [3.8, 4) is 33.8 Å². The number of hydrogen-bond donors (Lipinski definition) is 7. The van der Waals surface area contributed by atoms with E-state index in [-0.39, 0.29) is 50.7 Å². The van der Waals surface area contributed by atoms with Crippen LogP contribution in [-0.4, -0.2) is 117 Å². The molecule has 0 unspecified atom stereocenters. The maximum absolute atomic E-state index is 15.0. The summed E-state index contributed by atoms with van der Waals surface area (Å²) in [7, 11) is 0.769. The maximum Gasteiger partial charge on any atom is 0.481 e. The third kappa shape index (κ3) is 11.9. The van der Waals surface area contributed by atoms with Gasteiger partial charge >= 0.3 is 7.12 Å². The molecule has 4 aromatic rings. The van der Waals surface area contributed by atoms with Crippen LogP contribution in [0.15, 0.2) is 84.9 Å². The van der Waals surface area contributed by atoms with Gasteiger partial charge in [0.15, 0.2) is 0 Å². The highest BCUT2D eigenvalue weighted by Gasteiger charge is 2.68. The normalized spacial score (nSPS) is 24.5. The van der Waals surface area contributed by atoms with Crippen molar-refractivity contribution in [2.75, 3.05) is 39.9 Å². The van der Waals surface area contributed by atoms with Crippen LogP contribution >= 0.6 is 11.6 Å². The van der Waals surface area contributed by atoms with E-state index in [4.69, 9.17) is 47.6 Å². The number of halogens is 1. The lowest BCUT2D eigenvalue weighted by Crippen LogP contribution is -2.65. The number of amides is 5. The number of nitrogens with one attached hydrogen (secondary N) is 4. The predicted molar refractivity (Wildman–Crippen MR) is 288 cm³/mol. The van der Waals surface area contributed by atoms with E-state index in [2.05, 4.69) is 42.0 Å². The molecule has 3 aliphatic carbocycles. The minimum atomic E-state index is -1.37. The van der Waals surface area contributed by atoms with E-state index in [0.29, 0.717) is 75.6 Å². The van der Waals surface area contributed by atoms with Gasteiger partial charge in [0.25, 0.3) is 5.91 Å². The molecule has 4 fully saturated rings. The van der Waals surface area contributed by atoms with Crippen LogP contribution in [0, 0.1) is 17.3 Å². The van der Waals surface area contributed by atoms with E-state index in [1.54, 1.807) is 48.5 Å². The second-order valence-electron chi connectivity index (χ2n) is 21.2. The van der Waals surface area contributed by atoms with Gasteiger partial charge in [0.05, 0.1) is 17.6 Å². The Morgan fingerprint density at radius 1 is 0.827 bits per heavy atom. The average Bonchev–Trinajstić information content (AvgIpc) is 3.77. The van der Waals surface area contributed by atoms with Crippen molar-refractivity contribution in [3.05, 3.63) is 107 Å². The molecule has 5 amide bonds. The predicted octanol–water partition coefficient (Wildman–Crippen LogP) is 5.09. The maximum atomic E-state index is 15.0. The van der Waals surface area contributed by atoms with Crippen LogP contribution in [0.25, 0.3) is 22.3 Å². The number of nitrogens with two attached hydrogens (primary N) is 3. The molecular formula is C56H72BClN8O9. The van der Waals surface area contributed by atoms with Gasteiger partial charge in [-0.2, -0.15) is 0 Å². The first-order valence-electron chi connectivity index (χ1n) is 26.2. The number of nitrogens with zero attached hydrogens (tertiary/aromatic N) is 1. The summed E-state index contributed by atoms with van der Waals surface area (Å²) in [6, 6.07) is 20.1. The van der Waals surface area contributed by atoms with Gasteiger partial charge in [-0.25, -0.2) is 0 Å². The molecule has 4 aromatic carbocycles. The molecule has 5 aliphatic rings. The first-order valence-corrected chi connectivity index (χ1v) is 26.6. The van der Waals surface area contributed by atoms with Gasteiger partial charge in [0.2, 0.25) is 23.6 Å².